The molecule has 0 saturated heterocycles. The van der Waals surface area contributed by atoms with E-state index in [0.717, 1.165) is 53.2 Å². The fourth-order valence-corrected chi connectivity index (χ4v) is 3.20. The van der Waals surface area contributed by atoms with Gasteiger partial charge in [0.1, 0.15) is 6.61 Å². The molecule has 0 aromatic heterocycles. The predicted molar refractivity (Wildman–Crippen MR) is 106 cm³/mol. The zero-order valence-electron chi connectivity index (χ0n) is 15.2. The quantitative estimate of drug-likeness (QED) is 0.584. The van der Waals surface area contributed by atoms with Crippen molar-refractivity contribution < 1.29 is 9.47 Å². The summed E-state index contributed by atoms with van der Waals surface area (Å²) in [7, 11) is 3.64. The Balaban J connectivity index is 2.00. The van der Waals surface area contributed by atoms with Crippen LogP contribution in [0.15, 0.2) is 40.9 Å². The monoisotopic (exact) mass is 406 g/mol. The summed E-state index contributed by atoms with van der Waals surface area (Å²) >= 11 is 3.62. The molecule has 0 aliphatic heterocycles. The lowest BCUT2D eigenvalue weighted by atomic mass is 10.1. The highest BCUT2D eigenvalue weighted by Crippen LogP contribution is 2.37. The van der Waals surface area contributed by atoms with E-state index in [1.807, 2.05) is 19.2 Å². The Kier molecular flexibility index (Phi) is 8.25. The molecule has 0 fully saturated rings. The van der Waals surface area contributed by atoms with Gasteiger partial charge in [-0.1, -0.05) is 29.8 Å². The normalized spacial score (nSPS) is 10.7. The zero-order chi connectivity index (χ0) is 18.1. The maximum Gasteiger partial charge on any atom is 0.175 e. The number of hydrogen-bond acceptors (Lipinski definition) is 4. The third-order valence-electron chi connectivity index (χ3n) is 3.86. The van der Waals surface area contributed by atoms with E-state index in [1.54, 1.807) is 7.11 Å². The maximum atomic E-state index is 6.01. The minimum Gasteiger partial charge on any atom is -0.493 e. The number of nitrogens with one attached hydrogen (secondary N) is 2. The molecule has 0 aliphatic carbocycles. The standard InChI is InChI=1S/C20H27BrN2O2/c1-15-6-4-7-16(10-15)14-25-20-18(21)11-17(12-19(20)24-3)13-23-9-5-8-22-2/h4,6-7,10-12,22-23H,5,8-9,13-14H2,1-3H3. The summed E-state index contributed by atoms with van der Waals surface area (Å²) < 4.78 is 12.5. The molecule has 0 amide bonds. The van der Waals surface area contributed by atoms with Crippen LogP contribution in [0.3, 0.4) is 0 Å². The van der Waals surface area contributed by atoms with E-state index >= 15 is 0 Å². The molecule has 5 heteroatoms. The topological polar surface area (TPSA) is 42.5 Å². The molecule has 0 spiro atoms. The van der Waals surface area contributed by atoms with Crippen molar-refractivity contribution in [1.82, 2.24) is 10.6 Å². The van der Waals surface area contributed by atoms with Gasteiger partial charge < -0.3 is 20.1 Å². The molecule has 0 aliphatic rings. The van der Waals surface area contributed by atoms with Gasteiger partial charge in [0.25, 0.3) is 0 Å². The van der Waals surface area contributed by atoms with Crippen molar-refractivity contribution in [3.63, 3.8) is 0 Å². The van der Waals surface area contributed by atoms with Crippen LogP contribution in [0, 0.1) is 6.92 Å². The summed E-state index contributed by atoms with van der Waals surface area (Å²) in [5, 5.41) is 6.59. The smallest absolute Gasteiger partial charge is 0.175 e. The largest absolute Gasteiger partial charge is 0.493 e. The minimum absolute atomic E-state index is 0.512. The summed E-state index contributed by atoms with van der Waals surface area (Å²) in [5.41, 5.74) is 3.53. The Morgan fingerprint density at radius 2 is 1.92 bits per heavy atom. The number of benzene rings is 2. The van der Waals surface area contributed by atoms with Crippen molar-refractivity contribution in [2.24, 2.45) is 0 Å². The van der Waals surface area contributed by atoms with Crippen molar-refractivity contribution in [2.75, 3.05) is 27.2 Å². The van der Waals surface area contributed by atoms with Gasteiger partial charge in [-0.3, -0.25) is 0 Å². The average Bonchev–Trinajstić information content (AvgIpc) is 2.60. The predicted octanol–water partition coefficient (Wildman–Crippen LogP) is 4.04. The molecule has 2 N–H and O–H groups in total. The molecule has 2 rings (SSSR count). The number of methoxy groups -OCH3 is 1. The molecule has 0 saturated carbocycles. The lowest BCUT2D eigenvalue weighted by molar-refractivity contribution is 0.282. The molecule has 0 unspecified atom stereocenters. The van der Waals surface area contributed by atoms with Crippen LogP contribution in [-0.2, 0) is 13.2 Å². The lowest BCUT2D eigenvalue weighted by Gasteiger charge is -2.15. The van der Waals surface area contributed by atoms with Crippen molar-refractivity contribution in [3.05, 3.63) is 57.6 Å². The summed E-state index contributed by atoms with van der Waals surface area (Å²) in [6, 6.07) is 12.4. The van der Waals surface area contributed by atoms with E-state index in [4.69, 9.17) is 9.47 Å². The molecule has 4 nitrogen and oxygen atoms in total. The third kappa shape index (κ3) is 6.34. The highest BCUT2D eigenvalue weighted by atomic mass is 79.9. The first-order valence-corrected chi connectivity index (χ1v) is 9.33. The number of ether oxygens (including phenoxy) is 2. The molecule has 25 heavy (non-hydrogen) atoms. The summed E-state index contributed by atoms with van der Waals surface area (Å²) in [6.07, 6.45) is 1.10. The van der Waals surface area contributed by atoms with Gasteiger partial charge in [-0.2, -0.15) is 0 Å². The van der Waals surface area contributed by atoms with Gasteiger partial charge >= 0.3 is 0 Å². The molecule has 0 bridgehead atoms. The Labute approximate surface area is 159 Å². The number of aryl methyl sites for hydroxylation is 1. The number of hydrogen-bond donors (Lipinski definition) is 2. The van der Waals surface area contributed by atoms with Crippen LogP contribution in [-0.4, -0.2) is 27.2 Å². The van der Waals surface area contributed by atoms with E-state index in [1.165, 1.54) is 5.56 Å². The van der Waals surface area contributed by atoms with Crippen molar-refractivity contribution in [2.45, 2.75) is 26.5 Å². The molecule has 2 aromatic rings. The number of rotatable bonds is 10. The maximum absolute atomic E-state index is 6.01. The van der Waals surface area contributed by atoms with Crippen LogP contribution in [0.2, 0.25) is 0 Å². The highest BCUT2D eigenvalue weighted by molar-refractivity contribution is 9.10. The number of halogens is 1. The van der Waals surface area contributed by atoms with Crippen LogP contribution in [0.25, 0.3) is 0 Å². The molecule has 0 atom stereocenters. The Bertz CT molecular complexity index is 677. The molecule has 2 aromatic carbocycles. The van der Waals surface area contributed by atoms with Gasteiger partial charge in [0, 0.05) is 6.54 Å². The SMILES string of the molecule is CNCCCNCc1cc(Br)c(OCc2cccc(C)c2)c(OC)c1. The van der Waals surface area contributed by atoms with E-state index < -0.39 is 0 Å². The van der Waals surface area contributed by atoms with Crippen LogP contribution in [0.4, 0.5) is 0 Å². The van der Waals surface area contributed by atoms with E-state index in [9.17, 15) is 0 Å². The van der Waals surface area contributed by atoms with Crippen molar-refractivity contribution in [1.29, 1.82) is 0 Å². The third-order valence-corrected chi connectivity index (χ3v) is 4.45. The van der Waals surface area contributed by atoms with Gasteiger partial charge in [-0.25, -0.2) is 0 Å². The van der Waals surface area contributed by atoms with E-state index in [-0.39, 0.29) is 0 Å². The molecule has 0 radical (unpaired) electrons. The van der Waals surface area contributed by atoms with Crippen LogP contribution in [0.5, 0.6) is 11.5 Å². The fraction of sp³-hybridized carbons (Fsp3) is 0.400. The molecule has 0 heterocycles. The molecular formula is C20H27BrN2O2. The van der Waals surface area contributed by atoms with Gasteiger partial charge in [0.2, 0.25) is 0 Å². The second-order valence-corrected chi connectivity index (χ2v) is 6.87. The highest BCUT2D eigenvalue weighted by Gasteiger charge is 2.12. The van der Waals surface area contributed by atoms with Crippen LogP contribution < -0.4 is 20.1 Å². The van der Waals surface area contributed by atoms with Crippen LogP contribution in [0.1, 0.15) is 23.1 Å². The van der Waals surface area contributed by atoms with Gasteiger partial charge in [-0.05, 0) is 72.7 Å². The summed E-state index contributed by atoms with van der Waals surface area (Å²) in [5.74, 6) is 1.48. The molecular weight excluding hydrogens is 380 g/mol. The molecule has 136 valence electrons. The fourth-order valence-electron chi connectivity index (χ4n) is 2.60. The first-order valence-electron chi connectivity index (χ1n) is 8.54. The van der Waals surface area contributed by atoms with E-state index in [2.05, 4.69) is 57.8 Å². The Hall–Kier alpha value is -1.56. The minimum atomic E-state index is 0.512. The van der Waals surface area contributed by atoms with E-state index in [0.29, 0.717) is 6.61 Å². The van der Waals surface area contributed by atoms with Crippen molar-refractivity contribution in [3.8, 4) is 11.5 Å². The second-order valence-electron chi connectivity index (χ2n) is 6.02. The van der Waals surface area contributed by atoms with Crippen molar-refractivity contribution >= 4 is 15.9 Å². The Morgan fingerprint density at radius 3 is 2.64 bits per heavy atom. The van der Waals surface area contributed by atoms with Gasteiger partial charge in [0.15, 0.2) is 11.5 Å². The van der Waals surface area contributed by atoms with Crippen LogP contribution >= 0.6 is 15.9 Å². The first kappa shape index (κ1) is 19.8. The summed E-state index contributed by atoms with van der Waals surface area (Å²) in [6.45, 7) is 5.39. The lowest BCUT2D eigenvalue weighted by Crippen LogP contribution is -2.19. The summed E-state index contributed by atoms with van der Waals surface area (Å²) in [4.78, 5) is 0. The average molecular weight is 407 g/mol. The van der Waals surface area contributed by atoms with Gasteiger partial charge in [-0.15, -0.1) is 0 Å². The zero-order valence-corrected chi connectivity index (χ0v) is 16.8. The second kappa shape index (κ2) is 10.4. The van der Waals surface area contributed by atoms with Gasteiger partial charge in [0.05, 0.1) is 11.6 Å². The Morgan fingerprint density at radius 1 is 1.08 bits per heavy atom. The first-order chi connectivity index (χ1) is 12.1.